The van der Waals surface area contributed by atoms with Crippen LogP contribution in [0.1, 0.15) is 72.6 Å². The third-order valence-corrected chi connectivity index (χ3v) is 5.16. The first kappa shape index (κ1) is 18.6. The zero-order chi connectivity index (χ0) is 16.9. The van der Waals surface area contributed by atoms with Gasteiger partial charge in [0.15, 0.2) is 0 Å². The molecule has 2 atom stereocenters. The lowest BCUT2D eigenvalue weighted by molar-refractivity contribution is 0.0284. The van der Waals surface area contributed by atoms with E-state index in [1.165, 1.54) is 38.5 Å². The van der Waals surface area contributed by atoms with Crippen molar-refractivity contribution in [2.75, 3.05) is 19.6 Å². The van der Waals surface area contributed by atoms with Gasteiger partial charge in [-0.2, -0.15) is 0 Å². The number of hydrogen-bond donors (Lipinski definition) is 1. The summed E-state index contributed by atoms with van der Waals surface area (Å²) in [5, 5.41) is 3.77. The van der Waals surface area contributed by atoms with Gasteiger partial charge in [0.05, 0.1) is 0 Å². The summed E-state index contributed by atoms with van der Waals surface area (Å²) in [5.41, 5.74) is -0.404. The molecule has 0 radical (unpaired) electrons. The zero-order valence-electron chi connectivity index (χ0n) is 15.6. The number of hydrogen-bond acceptors (Lipinski definition) is 3. The molecule has 0 spiro atoms. The number of amides is 1. The summed E-state index contributed by atoms with van der Waals surface area (Å²) in [7, 11) is 0. The van der Waals surface area contributed by atoms with E-state index in [0.717, 1.165) is 32.0 Å². The van der Waals surface area contributed by atoms with E-state index in [2.05, 4.69) is 12.2 Å². The molecule has 2 fully saturated rings. The Labute approximate surface area is 142 Å². The van der Waals surface area contributed by atoms with Gasteiger partial charge in [-0.1, -0.05) is 32.6 Å². The van der Waals surface area contributed by atoms with Crippen LogP contribution in [0, 0.1) is 11.8 Å². The van der Waals surface area contributed by atoms with Gasteiger partial charge in [0, 0.05) is 19.1 Å². The van der Waals surface area contributed by atoms with E-state index in [9.17, 15) is 4.79 Å². The number of carbonyl (C=O) groups excluding carboxylic acids is 1. The molecule has 2 aliphatic rings. The molecule has 1 saturated heterocycles. The fourth-order valence-electron chi connectivity index (χ4n) is 3.99. The zero-order valence-corrected chi connectivity index (χ0v) is 15.6. The number of carbonyl (C=O) groups is 1. The van der Waals surface area contributed by atoms with Crippen molar-refractivity contribution in [3.63, 3.8) is 0 Å². The van der Waals surface area contributed by atoms with Crippen molar-refractivity contribution in [1.82, 2.24) is 10.2 Å². The minimum Gasteiger partial charge on any atom is -0.444 e. The molecule has 4 nitrogen and oxygen atoms in total. The number of rotatable bonds is 6. The van der Waals surface area contributed by atoms with Crippen molar-refractivity contribution in [2.24, 2.45) is 11.8 Å². The van der Waals surface area contributed by atoms with E-state index in [1.807, 2.05) is 25.7 Å². The van der Waals surface area contributed by atoms with Crippen LogP contribution in [0.5, 0.6) is 0 Å². The van der Waals surface area contributed by atoms with Crippen LogP contribution in [0.15, 0.2) is 0 Å². The first-order valence-electron chi connectivity index (χ1n) is 9.60. The smallest absolute Gasteiger partial charge is 0.410 e. The summed E-state index contributed by atoms with van der Waals surface area (Å²) in [5.74, 6) is 1.47. The van der Waals surface area contributed by atoms with Gasteiger partial charge in [-0.25, -0.2) is 4.79 Å². The number of nitrogens with zero attached hydrogens (tertiary/aromatic N) is 1. The molecule has 0 aromatic carbocycles. The van der Waals surface area contributed by atoms with Crippen molar-refractivity contribution in [1.29, 1.82) is 0 Å². The highest BCUT2D eigenvalue weighted by Crippen LogP contribution is 2.32. The number of likely N-dealkylation sites (tertiary alicyclic amines) is 1. The van der Waals surface area contributed by atoms with Crippen LogP contribution in [-0.2, 0) is 4.74 Å². The Hall–Kier alpha value is -0.770. The summed E-state index contributed by atoms with van der Waals surface area (Å²) in [6.45, 7) is 10.8. The lowest BCUT2D eigenvalue weighted by Gasteiger charge is -2.28. The predicted molar refractivity (Wildman–Crippen MR) is 94.6 cm³/mol. The molecule has 1 N–H and O–H groups in total. The second kappa shape index (κ2) is 8.36. The first-order valence-corrected chi connectivity index (χ1v) is 9.60. The minimum absolute atomic E-state index is 0.143. The number of nitrogens with one attached hydrogen (secondary N) is 1. The van der Waals surface area contributed by atoms with Crippen molar-refractivity contribution >= 4 is 6.09 Å². The molecule has 0 aromatic rings. The van der Waals surface area contributed by atoms with Crippen LogP contribution in [0.2, 0.25) is 0 Å². The Morgan fingerprint density at radius 2 is 1.96 bits per heavy atom. The van der Waals surface area contributed by atoms with Crippen LogP contribution in [0.4, 0.5) is 4.79 Å². The van der Waals surface area contributed by atoms with Crippen molar-refractivity contribution in [2.45, 2.75) is 84.3 Å². The average molecular weight is 325 g/mol. The molecule has 2 unspecified atom stereocenters. The molecule has 0 aromatic heterocycles. The number of ether oxygens (including phenoxy) is 1. The molecule has 134 valence electrons. The minimum atomic E-state index is -0.404. The largest absolute Gasteiger partial charge is 0.444 e. The lowest BCUT2D eigenvalue weighted by atomic mass is 9.89. The summed E-state index contributed by atoms with van der Waals surface area (Å²) < 4.78 is 5.53. The van der Waals surface area contributed by atoms with Crippen LogP contribution in [0.25, 0.3) is 0 Å². The maximum Gasteiger partial charge on any atom is 0.410 e. The van der Waals surface area contributed by atoms with Gasteiger partial charge in [-0.3, -0.25) is 0 Å². The first-order chi connectivity index (χ1) is 10.9. The van der Waals surface area contributed by atoms with Gasteiger partial charge in [0.2, 0.25) is 0 Å². The molecule has 1 aliphatic carbocycles. The van der Waals surface area contributed by atoms with Crippen LogP contribution >= 0.6 is 0 Å². The Morgan fingerprint density at radius 3 is 2.57 bits per heavy atom. The van der Waals surface area contributed by atoms with Gasteiger partial charge in [0.1, 0.15) is 5.60 Å². The highest BCUT2D eigenvalue weighted by atomic mass is 16.6. The van der Waals surface area contributed by atoms with Gasteiger partial charge in [-0.15, -0.1) is 0 Å². The fraction of sp³-hybridized carbons (Fsp3) is 0.947. The molecule has 4 heteroatoms. The normalized spacial score (nSPS) is 24.2. The molecule has 1 amide bonds. The van der Waals surface area contributed by atoms with E-state index in [-0.39, 0.29) is 6.09 Å². The highest BCUT2D eigenvalue weighted by Gasteiger charge is 2.35. The second-order valence-electron chi connectivity index (χ2n) is 8.42. The van der Waals surface area contributed by atoms with Gasteiger partial charge >= 0.3 is 6.09 Å². The predicted octanol–water partition coefficient (Wildman–Crippen LogP) is 4.19. The van der Waals surface area contributed by atoms with Crippen LogP contribution in [-0.4, -0.2) is 42.3 Å². The quantitative estimate of drug-likeness (QED) is 0.796. The van der Waals surface area contributed by atoms with Crippen LogP contribution < -0.4 is 5.32 Å². The Morgan fingerprint density at radius 1 is 1.26 bits per heavy atom. The van der Waals surface area contributed by atoms with E-state index in [1.54, 1.807) is 0 Å². The van der Waals surface area contributed by atoms with E-state index in [0.29, 0.717) is 12.0 Å². The fourth-order valence-corrected chi connectivity index (χ4v) is 3.99. The second-order valence-corrected chi connectivity index (χ2v) is 8.42. The maximum absolute atomic E-state index is 12.3. The molecular formula is C19H36N2O2. The standard InChI is InChI=1S/C19H36N2O2/c1-5-11-20-17(13-15-8-6-7-9-15)16-10-12-21(14-16)18(22)23-19(2,3)4/h15-17,20H,5-14H2,1-4H3. The van der Waals surface area contributed by atoms with Crippen molar-refractivity contribution in [3.8, 4) is 0 Å². The maximum atomic E-state index is 12.3. The summed E-state index contributed by atoms with van der Waals surface area (Å²) in [6, 6.07) is 0.561. The Balaban J connectivity index is 1.87. The van der Waals surface area contributed by atoms with Gasteiger partial charge in [-0.05, 0) is 58.4 Å². The average Bonchev–Trinajstić information content (AvgIpc) is 3.12. The third kappa shape index (κ3) is 5.98. The van der Waals surface area contributed by atoms with Gasteiger partial charge in [0.25, 0.3) is 0 Å². The molecule has 0 bridgehead atoms. The molecule has 2 rings (SSSR count). The van der Waals surface area contributed by atoms with Crippen molar-refractivity contribution < 1.29 is 9.53 Å². The lowest BCUT2D eigenvalue weighted by Crippen LogP contribution is -2.41. The molecule has 1 heterocycles. The topological polar surface area (TPSA) is 41.6 Å². The Bertz CT molecular complexity index is 372. The summed E-state index contributed by atoms with van der Waals surface area (Å²) >= 11 is 0. The van der Waals surface area contributed by atoms with E-state index in [4.69, 9.17) is 4.74 Å². The molecule has 1 saturated carbocycles. The molecule has 23 heavy (non-hydrogen) atoms. The molecular weight excluding hydrogens is 288 g/mol. The molecule has 1 aliphatic heterocycles. The summed E-state index contributed by atoms with van der Waals surface area (Å²) in [6.07, 6.45) is 9.01. The van der Waals surface area contributed by atoms with Gasteiger partial charge < -0.3 is 15.0 Å². The van der Waals surface area contributed by atoms with E-state index < -0.39 is 5.60 Å². The highest BCUT2D eigenvalue weighted by molar-refractivity contribution is 5.68. The summed E-state index contributed by atoms with van der Waals surface area (Å²) in [4.78, 5) is 14.2. The van der Waals surface area contributed by atoms with Crippen molar-refractivity contribution in [3.05, 3.63) is 0 Å². The van der Waals surface area contributed by atoms with Crippen LogP contribution in [0.3, 0.4) is 0 Å². The SMILES string of the molecule is CCCNC(CC1CCCC1)C1CCN(C(=O)OC(C)(C)C)C1. The third-order valence-electron chi connectivity index (χ3n) is 5.16. The van der Waals surface area contributed by atoms with E-state index >= 15 is 0 Å². The Kier molecular flexibility index (Phi) is 6.75. The monoisotopic (exact) mass is 324 g/mol.